The Morgan fingerprint density at radius 3 is 2.67 bits per heavy atom. The first kappa shape index (κ1) is 14.7. The van der Waals surface area contributed by atoms with Gasteiger partial charge in [0.2, 0.25) is 0 Å². The van der Waals surface area contributed by atoms with Gasteiger partial charge in [-0.15, -0.1) is 0 Å². The standard InChI is InChI=1S/C11H20N2O5/c1-3-12(4-5-18-2)11(17)13-7-8(14)6-9(13)10(15)16/h8-9,14H,3-7H2,1-2H3,(H,15,16)/t8-,9+/m1/s1. The highest BCUT2D eigenvalue weighted by molar-refractivity contribution is 5.83. The molecule has 0 radical (unpaired) electrons. The average molecular weight is 260 g/mol. The fourth-order valence-corrected chi connectivity index (χ4v) is 2.03. The second-order valence-corrected chi connectivity index (χ2v) is 4.25. The second kappa shape index (κ2) is 6.55. The average Bonchev–Trinajstić information content (AvgIpc) is 2.72. The van der Waals surface area contributed by atoms with Gasteiger partial charge in [0.15, 0.2) is 0 Å². The Morgan fingerprint density at radius 1 is 1.50 bits per heavy atom. The summed E-state index contributed by atoms with van der Waals surface area (Å²) in [4.78, 5) is 25.9. The molecule has 0 unspecified atom stereocenters. The molecule has 0 aromatic rings. The lowest BCUT2D eigenvalue weighted by atomic mass is 10.2. The van der Waals surface area contributed by atoms with Crippen LogP contribution in [-0.4, -0.2) is 77.5 Å². The molecule has 1 heterocycles. The molecule has 0 aliphatic carbocycles. The first-order chi connectivity index (χ1) is 8.51. The van der Waals surface area contributed by atoms with E-state index in [1.807, 2.05) is 6.92 Å². The van der Waals surface area contributed by atoms with Crippen LogP contribution >= 0.6 is 0 Å². The molecule has 1 aliphatic rings. The zero-order valence-electron chi connectivity index (χ0n) is 10.7. The van der Waals surface area contributed by atoms with Gasteiger partial charge in [-0.1, -0.05) is 0 Å². The van der Waals surface area contributed by atoms with Gasteiger partial charge in [0.25, 0.3) is 0 Å². The summed E-state index contributed by atoms with van der Waals surface area (Å²) in [5.41, 5.74) is 0. The van der Waals surface area contributed by atoms with Crippen LogP contribution in [0.3, 0.4) is 0 Å². The summed E-state index contributed by atoms with van der Waals surface area (Å²) in [6, 6.07) is -1.30. The molecule has 7 heteroatoms. The lowest BCUT2D eigenvalue weighted by molar-refractivity contribution is -0.141. The first-order valence-electron chi connectivity index (χ1n) is 5.96. The smallest absolute Gasteiger partial charge is 0.326 e. The molecular formula is C11H20N2O5. The van der Waals surface area contributed by atoms with Crippen molar-refractivity contribution < 1.29 is 24.5 Å². The van der Waals surface area contributed by atoms with Crippen LogP contribution in [0.15, 0.2) is 0 Å². The van der Waals surface area contributed by atoms with Crippen molar-refractivity contribution in [3.63, 3.8) is 0 Å². The number of carbonyl (C=O) groups is 2. The quantitative estimate of drug-likeness (QED) is 0.701. The number of amides is 2. The van der Waals surface area contributed by atoms with Gasteiger partial charge in [0.05, 0.1) is 12.7 Å². The SMILES string of the molecule is CCN(CCOC)C(=O)N1C[C@H](O)C[C@H]1C(=O)O. The predicted octanol–water partition coefficient (Wildman–Crippen LogP) is -0.405. The molecule has 104 valence electrons. The molecule has 2 N–H and O–H groups in total. The Labute approximate surface area is 106 Å². The Kier molecular flexibility index (Phi) is 5.36. The van der Waals surface area contributed by atoms with Crippen LogP contribution in [-0.2, 0) is 9.53 Å². The predicted molar refractivity (Wildman–Crippen MR) is 63.3 cm³/mol. The fraction of sp³-hybridized carbons (Fsp3) is 0.818. The molecule has 0 bridgehead atoms. The number of carboxylic acids is 1. The van der Waals surface area contributed by atoms with Crippen molar-refractivity contribution in [1.29, 1.82) is 0 Å². The molecule has 1 rings (SSSR count). The normalized spacial score (nSPS) is 23.2. The van der Waals surface area contributed by atoms with E-state index in [1.165, 1.54) is 16.9 Å². The number of β-amino-alcohol motifs (C(OH)–C–C–N with tert-alkyl or cyclic N) is 1. The van der Waals surface area contributed by atoms with Crippen molar-refractivity contribution in [2.24, 2.45) is 0 Å². The maximum Gasteiger partial charge on any atom is 0.326 e. The highest BCUT2D eigenvalue weighted by Crippen LogP contribution is 2.19. The highest BCUT2D eigenvalue weighted by Gasteiger charge is 2.40. The van der Waals surface area contributed by atoms with Gasteiger partial charge in [0.1, 0.15) is 6.04 Å². The summed E-state index contributed by atoms with van der Waals surface area (Å²) in [7, 11) is 1.54. The maximum absolute atomic E-state index is 12.2. The minimum atomic E-state index is -1.08. The molecule has 1 saturated heterocycles. The Bertz CT molecular complexity index is 310. The summed E-state index contributed by atoms with van der Waals surface area (Å²) >= 11 is 0. The number of aliphatic carboxylic acids is 1. The Balaban J connectivity index is 2.70. The van der Waals surface area contributed by atoms with E-state index in [0.29, 0.717) is 19.7 Å². The number of likely N-dealkylation sites (N-methyl/N-ethyl adjacent to an activating group) is 1. The molecule has 0 aromatic heterocycles. The number of nitrogens with zero attached hydrogens (tertiary/aromatic N) is 2. The fourth-order valence-electron chi connectivity index (χ4n) is 2.03. The number of methoxy groups -OCH3 is 1. The summed E-state index contributed by atoms with van der Waals surface area (Å²) in [6.07, 6.45) is -0.681. The highest BCUT2D eigenvalue weighted by atomic mass is 16.5. The van der Waals surface area contributed by atoms with Crippen LogP contribution in [0.2, 0.25) is 0 Å². The number of likely N-dealkylation sites (tertiary alicyclic amines) is 1. The van der Waals surface area contributed by atoms with Crippen LogP contribution in [0.4, 0.5) is 4.79 Å². The van der Waals surface area contributed by atoms with Gasteiger partial charge >= 0.3 is 12.0 Å². The number of urea groups is 1. The number of carboxylic acid groups (broad SMARTS) is 1. The van der Waals surface area contributed by atoms with Crippen LogP contribution in [0.1, 0.15) is 13.3 Å². The van der Waals surface area contributed by atoms with E-state index < -0.39 is 18.1 Å². The summed E-state index contributed by atoms with van der Waals surface area (Å²) < 4.78 is 4.90. The van der Waals surface area contributed by atoms with Crippen LogP contribution < -0.4 is 0 Å². The van der Waals surface area contributed by atoms with Crippen molar-refractivity contribution in [3.8, 4) is 0 Å². The molecule has 1 aliphatic heterocycles. The summed E-state index contributed by atoms with van der Waals surface area (Å²) in [5, 5.41) is 18.5. The Hall–Kier alpha value is -1.34. The van der Waals surface area contributed by atoms with Crippen molar-refractivity contribution in [3.05, 3.63) is 0 Å². The number of aliphatic hydroxyl groups is 1. The number of hydrogen-bond acceptors (Lipinski definition) is 4. The van der Waals surface area contributed by atoms with Crippen molar-refractivity contribution in [2.45, 2.75) is 25.5 Å². The van der Waals surface area contributed by atoms with Gasteiger partial charge in [-0.2, -0.15) is 0 Å². The summed E-state index contributed by atoms with van der Waals surface area (Å²) in [6.45, 7) is 3.16. The molecular weight excluding hydrogens is 240 g/mol. The molecule has 0 spiro atoms. The zero-order valence-corrected chi connectivity index (χ0v) is 10.7. The van der Waals surface area contributed by atoms with Crippen LogP contribution in [0.25, 0.3) is 0 Å². The molecule has 2 atom stereocenters. The molecule has 0 aromatic carbocycles. The molecule has 18 heavy (non-hydrogen) atoms. The van der Waals surface area contributed by atoms with Crippen LogP contribution in [0.5, 0.6) is 0 Å². The van der Waals surface area contributed by atoms with E-state index in [2.05, 4.69) is 0 Å². The number of aliphatic hydroxyl groups excluding tert-OH is 1. The molecule has 0 saturated carbocycles. The van der Waals surface area contributed by atoms with E-state index in [1.54, 1.807) is 0 Å². The molecule has 2 amide bonds. The van der Waals surface area contributed by atoms with E-state index in [9.17, 15) is 14.7 Å². The minimum Gasteiger partial charge on any atom is -0.480 e. The van der Waals surface area contributed by atoms with Gasteiger partial charge in [-0.3, -0.25) is 0 Å². The molecule has 1 fully saturated rings. The minimum absolute atomic E-state index is 0.0687. The van der Waals surface area contributed by atoms with Gasteiger partial charge in [0, 0.05) is 33.2 Å². The lowest BCUT2D eigenvalue weighted by Gasteiger charge is -2.29. The monoisotopic (exact) mass is 260 g/mol. The van der Waals surface area contributed by atoms with E-state index in [-0.39, 0.29) is 19.0 Å². The third-order valence-electron chi connectivity index (χ3n) is 3.03. The van der Waals surface area contributed by atoms with Crippen molar-refractivity contribution >= 4 is 12.0 Å². The van der Waals surface area contributed by atoms with Gasteiger partial charge in [-0.25, -0.2) is 9.59 Å². The third kappa shape index (κ3) is 3.33. The van der Waals surface area contributed by atoms with Crippen molar-refractivity contribution in [1.82, 2.24) is 9.80 Å². The summed E-state index contributed by atoms with van der Waals surface area (Å²) in [5.74, 6) is -1.08. The number of carbonyl (C=O) groups excluding carboxylic acids is 1. The first-order valence-corrected chi connectivity index (χ1v) is 5.96. The topological polar surface area (TPSA) is 90.3 Å². The van der Waals surface area contributed by atoms with E-state index in [4.69, 9.17) is 9.84 Å². The number of hydrogen-bond donors (Lipinski definition) is 2. The number of rotatable bonds is 5. The van der Waals surface area contributed by atoms with E-state index >= 15 is 0 Å². The lowest BCUT2D eigenvalue weighted by Crippen LogP contribution is -2.49. The Morgan fingerprint density at radius 2 is 2.17 bits per heavy atom. The van der Waals surface area contributed by atoms with E-state index in [0.717, 1.165) is 0 Å². The molecule has 7 nitrogen and oxygen atoms in total. The van der Waals surface area contributed by atoms with Crippen LogP contribution in [0, 0.1) is 0 Å². The van der Waals surface area contributed by atoms with Gasteiger partial charge in [-0.05, 0) is 6.92 Å². The largest absolute Gasteiger partial charge is 0.480 e. The second-order valence-electron chi connectivity index (χ2n) is 4.25. The zero-order chi connectivity index (χ0) is 13.7. The third-order valence-corrected chi connectivity index (χ3v) is 3.03. The maximum atomic E-state index is 12.2. The van der Waals surface area contributed by atoms with Gasteiger partial charge < -0.3 is 24.7 Å². The number of ether oxygens (including phenoxy) is 1. The van der Waals surface area contributed by atoms with Crippen molar-refractivity contribution in [2.75, 3.05) is 33.4 Å².